The van der Waals surface area contributed by atoms with Gasteiger partial charge in [-0.05, 0) is 36.2 Å². The van der Waals surface area contributed by atoms with Gasteiger partial charge in [0.25, 0.3) is 0 Å². The highest BCUT2D eigenvalue weighted by molar-refractivity contribution is 5.34. The Bertz CT molecular complexity index is 537. The molecule has 0 bridgehead atoms. The Kier molecular flexibility index (Phi) is 3.64. The molecule has 0 aliphatic heterocycles. The SMILES string of the molecule is Cc1ncccc1C(NN)c1cc(F)cc(F)c1. The minimum Gasteiger partial charge on any atom is -0.271 e. The van der Waals surface area contributed by atoms with E-state index in [1.54, 1.807) is 12.3 Å². The molecule has 0 aliphatic carbocycles. The first kappa shape index (κ1) is 12.6. The Morgan fingerprint density at radius 1 is 1.22 bits per heavy atom. The summed E-state index contributed by atoms with van der Waals surface area (Å²) in [6.45, 7) is 1.81. The van der Waals surface area contributed by atoms with Gasteiger partial charge in [0.1, 0.15) is 11.6 Å². The van der Waals surface area contributed by atoms with Gasteiger partial charge in [-0.2, -0.15) is 0 Å². The van der Waals surface area contributed by atoms with E-state index in [0.29, 0.717) is 5.56 Å². The summed E-state index contributed by atoms with van der Waals surface area (Å²) in [5.74, 6) is 4.22. The zero-order valence-electron chi connectivity index (χ0n) is 9.82. The Labute approximate surface area is 104 Å². The molecule has 1 atom stereocenters. The summed E-state index contributed by atoms with van der Waals surface area (Å²) in [6.07, 6.45) is 1.65. The van der Waals surface area contributed by atoms with Gasteiger partial charge >= 0.3 is 0 Å². The van der Waals surface area contributed by atoms with E-state index >= 15 is 0 Å². The largest absolute Gasteiger partial charge is 0.271 e. The van der Waals surface area contributed by atoms with E-state index in [1.165, 1.54) is 12.1 Å². The second-order valence-corrected chi connectivity index (χ2v) is 3.98. The Hall–Kier alpha value is -1.85. The number of hydrazine groups is 1. The van der Waals surface area contributed by atoms with Crippen molar-refractivity contribution in [1.82, 2.24) is 10.4 Å². The second-order valence-electron chi connectivity index (χ2n) is 3.98. The number of halogens is 2. The van der Waals surface area contributed by atoms with Gasteiger partial charge in [-0.1, -0.05) is 6.07 Å². The van der Waals surface area contributed by atoms with Crippen molar-refractivity contribution >= 4 is 0 Å². The van der Waals surface area contributed by atoms with Crippen LogP contribution in [-0.4, -0.2) is 4.98 Å². The molecule has 2 aromatic rings. The van der Waals surface area contributed by atoms with Crippen LogP contribution in [0.15, 0.2) is 36.5 Å². The molecule has 1 aromatic carbocycles. The molecular weight excluding hydrogens is 236 g/mol. The fraction of sp³-hybridized carbons (Fsp3) is 0.154. The predicted octanol–water partition coefficient (Wildman–Crippen LogP) is 2.22. The van der Waals surface area contributed by atoms with Gasteiger partial charge in [0.05, 0.1) is 6.04 Å². The summed E-state index contributed by atoms with van der Waals surface area (Å²) < 4.78 is 26.4. The van der Waals surface area contributed by atoms with E-state index < -0.39 is 17.7 Å². The lowest BCUT2D eigenvalue weighted by atomic mass is 9.98. The van der Waals surface area contributed by atoms with Crippen molar-refractivity contribution in [3.8, 4) is 0 Å². The van der Waals surface area contributed by atoms with Crippen molar-refractivity contribution in [3.63, 3.8) is 0 Å². The Balaban J connectivity index is 2.48. The Morgan fingerprint density at radius 3 is 2.44 bits per heavy atom. The van der Waals surface area contributed by atoms with Crippen LogP contribution in [0, 0.1) is 18.6 Å². The van der Waals surface area contributed by atoms with Crippen LogP contribution in [0.1, 0.15) is 22.9 Å². The van der Waals surface area contributed by atoms with Crippen LogP contribution >= 0.6 is 0 Å². The van der Waals surface area contributed by atoms with Gasteiger partial charge in [-0.15, -0.1) is 0 Å². The lowest BCUT2D eigenvalue weighted by Gasteiger charge is -2.18. The molecule has 0 amide bonds. The molecule has 0 saturated carbocycles. The summed E-state index contributed by atoms with van der Waals surface area (Å²) in [5, 5.41) is 0. The zero-order valence-corrected chi connectivity index (χ0v) is 9.82. The normalized spacial score (nSPS) is 12.4. The molecule has 0 radical (unpaired) electrons. The molecule has 0 saturated heterocycles. The van der Waals surface area contributed by atoms with Crippen molar-refractivity contribution < 1.29 is 8.78 Å². The minimum absolute atomic E-state index is 0.422. The van der Waals surface area contributed by atoms with Crippen molar-refractivity contribution in [1.29, 1.82) is 0 Å². The lowest BCUT2D eigenvalue weighted by molar-refractivity contribution is 0.565. The summed E-state index contributed by atoms with van der Waals surface area (Å²) in [7, 11) is 0. The van der Waals surface area contributed by atoms with Gasteiger partial charge in [-0.25, -0.2) is 14.2 Å². The summed E-state index contributed by atoms with van der Waals surface area (Å²) >= 11 is 0. The zero-order chi connectivity index (χ0) is 13.1. The third-order valence-corrected chi connectivity index (χ3v) is 2.74. The van der Waals surface area contributed by atoms with Crippen LogP contribution in [0.2, 0.25) is 0 Å². The smallest absolute Gasteiger partial charge is 0.126 e. The fourth-order valence-corrected chi connectivity index (χ4v) is 1.91. The lowest BCUT2D eigenvalue weighted by Crippen LogP contribution is -2.29. The van der Waals surface area contributed by atoms with Gasteiger partial charge in [0, 0.05) is 18.0 Å². The number of nitrogens with one attached hydrogen (secondary N) is 1. The molecule has 0 spiro atoms. The highest BCUT2D eigenvalue weighted by Crippen LogP contribution is 2.24. The van der Waals surface area contributed by atoms with Crippen molar-refractivity contribution in [2.45, 2.75) is 13.0 Å². The standard InChI is InChI=1S/C13H13F2N3/c1-8-12(3-2-4-17-8)13(18-16)9-5-10(14)7-11(15)6-9/h2-7,13,18H,16H2,1H3. The minimum atomic E-state index is -0.633. The van der Waals surface area contributed by atoms with E-state index in [0.717, 1.165) is 17.3 Å². The van der Waals surface area contributed by atoms with Gasteiger partial charge < -0.3 is 0 Å². The number of aromatic nitrogens is 1. The van der Waals surface area contributed by atoms with Crippen LogP contribution in [0.4, 0.5) is 8.78 Å². The summed E-state index contributed by atoms with van der Waals surface area (Å²) in [4.78, 5) is 4.14. The van der Waals surface area contributed by atoms with Crippen LogP contribution in [0.25, 0.3) is 0 Å². The molecule has 1 heterocycles. The number of benzene rings is 1. The number of aryl methyl sites for hydroxylation is 1. The first-order chi connectivity index (χ1) is 8.61. The predicted molar refractivity (Wildman–Crippen MR) is 64.5 cm³/mol. The monoisotopic (exact) mass is 249 g/mol. The van der Waals surface area contributed by atoms with Gasteiger partial charge in [-0.3, -0.25) is 10.8 Å². The summed E-state index contributed by atoms with van der Waals surface area (Å²) in [5.41, 5.74) is 4.52. The van der Waals surface area contributed by atoms with Crippen LogP contribution in [-0.2, 0) is 0 Å². The molecular formula is C13H13F2N3. The molecule has 5 heteroatoms. The third kappa shape index (κ3) is 2.52. The maximum atomic E-state index is 13.2. The maximum Gasteiger partial charge on any atom is 0.126 e. The molecule has 1 aromatic heterocycles. The fourth-order valence-electron chi connectivity index (χ4n) is 1.91. The number of nitrogens with two attached hydrogens (primary N) is 1. The number of hydrogen-bond donors (Lipinski definition) is 2. The van der Waals surface area contributed by atoms with Crippen LogP contribution < -0.4 is 11.3 Å². The van der Waals surface area contributed by atoms with Crippen molar-refractivity contribution in [2.75, 3.05) is 0 Å². The van der Waals surface area contributed by atoms with E-state index in [4.69, 9.17) is 5.84 Å². The molecule has 94 valence electrons. The van der Waals surface area contributed by atoms with Crippen molar-refractivity contribution in [3.05, 3.63) is 65.0 Å². The average molecular weight is 249 g/mol. The van der Waals surface area contributed by atoms with E-state index in [1.807, 2.05) is 13.0 Å². The van der Waals surface area contributed by atoms with E-state index in [-0.39, 0.29) is 0 Å². The quantitative estimate of drug-likeness (QED) is 0.647. The second kappa shape index (κ2) is 5.20. The molecule has 0 aliphatic rings. The van der Waals surface area contributed by atoms with Crippen LogP contribution in [0.5, 0.6) is 0 Å². The van der Waals surface area contributed by atoms with E-state index in [9.17, 15) is 8.78 Å². The molecule has 2 rings (SSSR count). The molecule has 1 unspecified atom stereocenters. The number of rotatable bonds is 3. The maximum absolute atomic E-state index is 13.2. The molecule has 0 fully saturated rings. The molecule has 3 nitrogen and oxygen atoms in total. The average Bonchev–Trinajstić information content (AvgIpc) is 2.31. The Morgan fingerprint density at radius 2 is 1.89 bits per heavy atom. The van der Waals surface area contributed by atoms with Gasteiger partial charge in [0.2, 0.25) is 0 Å². The topological polar surface area (TPSA) is 50.9 Å². The number of pyridine rings is 1. The first-order valence-electron chi connectivity index (χ1n) is 5.45. The van der Waals surface area contributed by atoms with Gasteiger partial charge in [0.15, 0.2) is 0 Å². The van der Waals surface area contributed by atoms with Crippen molar-refractivity contribution in [2.24, 2.45) is 5.84 Å². The van der Waals surface area contributed by atoms with Crippen LogP contribution in [0.3, 0.4) is 0 Å². The highest BCUT2D eigenvalue weighted by atomic mass is 19.1. The molecule has 3 N–H and O–H groups in total. The molecule has 18 heavy (non-hydrogen) atoms. The highest BCUT2D eigenvalue weighted by Gasteiger charge is 2.16. The van der Waals surface area contributed by atoms with E-state index in [2.05, 4.69) is 10.4 Å². The number of hydrogen-bond acceptors (Lipinski definition) is 3. The first-order valence-corrected chi connectivity index (χ1v) is 5.45. The third-order valence-electron chi connectivity index (χ3n) is 2.74. The summed E-state index contributed by atoms with van der Waals surface area (Å²) in [6, 6.07) is 6.40. The number of nitrogens with zero attached hydrogens (tertiary/aromatic N) is 1.